The number of carbonyl (C=O) groups excluding carboxylic acids is 1. The van der Waals surface area contributed by atoms with Crippen molar-refractivity contribution >= 4 is 23.3 Å². The van der Waals surface area contributed by atoms with Gasteiger partial charge in [-0.3, -0.25) is 4.79 Å². The molecule has 24 heavy (non-hydrogen) atoms. The fraction of sp³-hybridized carbons (Fsp3) is 0.706. The summed E-state index contributed by atoms with van der Waals surface area (Å²) in [5.74, 6) is 0.711. The summed E-state index contributed by atoms with van der Waals surface area (Å²) in [7, 11) is 1.43. The fourth-order valence-electron chi connectivity index (χ4n) is 2.13. The largest absolute Gasteiger partial charge is 0.469 e. The van der Waals surface area contributed by atoms with Crippen molar-refractivity contribution in [2.45, 2.75) is 58.9 Å². The molecular weight excluding hydrogens is 324 g/mol. The summed E-state index contributed by atoms with van der Waals surface area (Å²) >= 11 is 1.72. The number of hydrogen-bond acceptors (Lipinski definition) is 5. The van der Waals surface area contributed by atoms with Gasteiger partial charge in [-0.15, -0.1) is 11.3 Å². The predicted octanol–water partition coefficient (Wildman–Crippen LogP) is 2.88. The Morgan fingerprint density at radius 1 is 1.25 bits per heavy atom. The van der Waals surface area contributed by atoms with Gasteiger partial charge in [0.25, 0.3) is 0 Å². The Hall–Kier alpha value is -1.63. The molecule has 1 heterocycles. The average Bonchev–Trinajstić information content (AvgIpc) is 3.06. The number of aromatic nitrogens is 1. The van der Waals surface area contributed by atoms with E-state index in [1.807, 2.05) is 6.20 Å². The Bertz CT molecular complexity index is 503. The lowest BCUT2D eigenvalue weighted by molar-refractivity contribution is -0.140. The highest BCUT2D eigenvalue weighted by Crippen LogP contribution is 2.13. The number of rotatable bonds is 11. The van der Waals surface area contributed by atoms with Crippen LogP contribution >= 0.6 is 11.3 Å². The predicted molar refractivity (Wildman–Crippen MR) is 99.4 cm³/mol. The Kier molecular flexibility index (Phi) is 10.8. The molecule has 0 amide bonds. The lowest BCUT2D eigenvalue weighted by Gasteiger charge is -2.10. The van der Waals surface area contributed by atoms with Gasteiger partial charge in [0.05, 0.1) is 13.7 Å². The molecule has 0 atom stereocenters. The molecule has 136 valence electrons. The third-order valence-electron chi connectivity index (χ3n) is 3.49. The first-order chi connectivity index (χ1) is 11.7. The summed E-state index contributed by atoms with van der Waals surface area (Å²) in [6.07, 6.45) is 7.56. The summed E-state index contributed by atoms with van der Waals surface area (Å²) in [5, 5.41) is 7.65. The van der Waals surface area contributed by atoms with Gasteiger partial charge in [-0.2, -0.15) is 0 Å². The standard InChI is InChI=1S/C17H30N4O2S/c1-4-14-12-20-15(24-14)13-21-17(18-5-2)19-11-9-7-6-8-10-16(22)23-3/h12H,4-11,13H2,1-3H3,(H2,18,19,21). The number of methoxy groups -OCH3 is 1. The van der Waals surface area contributed by atoms with Crippen molar-refractivity contribution in [2.75, 3.05) is 20.2 Å². The first kappa shape index (κ1) is 20.4. The normalized spacial score (nSPS) is 11.4. The molecule has 2 N–H and O–H groups in total. The Labute approximate surface area is 149 Å². The van der Waals surface area contributed by atoms with Crippen LogP contribution in [-0.4, -0.2) is 37.1 Å². The highest BCUT2D eigenvalue weighted by atomic mass is 32.1. The quantitative estimate of drug-likeness (QED) is 0.277. The zero-order chi connectivity index (χ0) is 17.6. The molecule has 1 aromatic rings. The van der Waals surface area contributed by atoms with E-state index in [0.29, 0.717) is 13.0 Å². The van der Waals surface area contributed by atoms with E-state index in [1.165, 1.54) is 12.0 Å². The number of nitrogens with zero attached hydrogens (tertiary/aromatic N) is 2. The van der Waals surface area contributed by atoms with Gasteiger partial charge >= 0.3 is 5.97 Å². The van der Waals surface area contributed by atoms with Gasteiger partial charge < -0.3 is 15.4 Å². The van der Waals surface area contributed by atoms with Gasteiger partial charge in [-0.1, -0.05) is 19.8 Å². The summed E-state index contributed by atoms with van der Waals surface area (Å²) in [6.45, 7) is 6.52. The molecule has 1 rings (SSSR count). The van der Waals surface area contributed by atoms with Gasteiger partial charge in [0.1, 0.15) is 5.01 Å². The van der Waals surface area contributed by atoms with Gasteiger partial charge in [0.2, 0.25) is 0 Å². The maximum absolute atomic E-state index is 11.0. The van der Waals surface area contributed by atoms with Crippen molar-refractivity contribution in [1.82, 2.24) is 15.6 Å². The molecule has 0 spiro atoms. The number of aryl methyl sites for hydroxylation is 1. The van der Waals surface area contributed by atoms with E-state index in [9.17, 15) is 4.79 Å². The van der Waals surface area contributed by atoms with Gasteiger partial charge in [0.15, 0.2) is 5.96 Å². The third kappa shape index (κ3) is 8.86. The van der Waals surface area contributed by atoms with Crippen LogP contribution in [0.4, 0.5) is 0 Å². The van der Waals surface area contributed by atoms with E-state index in [2.05, 4.69) is 39.2 Å². The maximum Gasteiger partial charge on any atom is 0.305 e. The number of thiazole rings is 1. The molecule has 0 saturated heterocycles. The van der Waals surface area contributed by atoms with Gasteiger partial charge in [0, 0.05) is 30.6 Å². The van der Waals surface area contributed by atoms with Gasteiger partial charge in [-0.05, 0) is 26.2 Å². The second kappa shape index (κ2) is 12.8. The van der Waals surface area contributed by atoms with E-state index >= 15 is 0 Å². The molecule has 0 aliphatic heterocycles. The summed E-state index contributed by atoms with van der Waals surface area (Å²) < 4.78 is 4.63. The van der Waals surface area contributed by atoms with E-state index in [4.69, 9.17) is 0 Å². The number of guanidine groups is 1. The summed E-state index contributed by atoms with van der Waals surface area (Å²) in [5.41, 5.74) is 0. The molecule has 0 unspecified atom stereocenters. The van der Waals surface area contributed by atoms with Crippen LogP contribution in [0, 0.1) is 0 Å². The maximum atomic E-state index is 11.0. The molecule has 0 radical (unpaired) electrons. The first-order valence-electron chi connectivity index (χ1n) is 8.72. The van der Waals surface area contributed by atoms with Crippen LogP contribution in [0.2, 0.25) is 0 Å². The van der Waals surface area contributed by atoms with E-state index in [0.717, 1.165) is 56.2 Å². The van der Waals surface area contributed by atoms with Crippen LogP contribution in [0.15, 0.2) is 11.2 Å². The number of nitrogens with one attached hydrogen (secondary N) is 2. The average molecular weight is 355 g/mol. The first-order valence-corrected chi connectivity index (χ1v) is 9.53. The molecule has 0 aliphatic carbocycles. The molecule has 0 saturated carbocycles. The number of hydrogen-bond donors (Lipinski definition) is 2. The van der Waals surface area contributed by atoms with Crippen molar-refractivity contribution in [2.24, 2.45) is 4.99 Å². The minimum Gasteiger partial charge on any atom is -0.469 e. The second-order valence-electron chi connectivity index (χ2n) is 5.44. The third-order valence-corrected chi connectivity index (χ3v) is 4.62. The molecule has 1 aromatic heterocycles. The summed E-state index contributed by atoms with van der Waals surface area (Å²) in [4.78, 5) is 21.3. The molecule has 0 aromatic carbocycles. The monoisotopic (exact) mass is 354 g/mol. The van der Waals surface area contributed by atoms with Crippen LogP contribution < -0.4 is 10.6 Å². The van der Waals surface area contributed by atoms with Crippen LogP contribution in [-0.2, 0) is 22.5 Å². The number of aliphatic imine (C=N–C) groups is 1. The van der Waals surface area contributed by atoms with E-state index < -0.39 is 0 Å². The van der Waals surface area contributed by atoms with Crippen molar-refractivity contribution < 1.29 is 9.53 Å². The van der Waals surface area contributed by atoms with Crippen molar-refractivity contribution in [3.63, 3.8) is 0 Å². The number of esters is 1. The van der Waals surface area contributed by atoms with Crippen LogP contribution in [0.25, 0.3) is 0 Å². The number of ether oxygens (including phenoxy) is 1. The molecule has 7 heteroatoms. The van der Waals surface area contributed by atoms with Gasteiger partial charge in [-0.25, -0.2) is 9.98 Å². The highest BCUT2D eigenvalue weighted by molar-refractivity contribution is 7.11. The van der Waals surface area contributed by atoms with Crippen molar-refractivity contribution in [3.05, 3.63) is 16.1 Å². The van der Waals surface area contributed by atoms with Crippen molar-refractivity contribution in [1.29, 1.82) is 0 Å². The lowest BCUT2D eigenvalue weighted by atomic mass is 10.1. The molecule has 0 bridgehead atoms. The van der Waals surface area contributed by atoms with Crippen molar-refractivity contribution in [3.8, 4) is 0 Å². The topological polar surface area (TPSA) is 75.6 Å². The SMILES string of the molecule is CCNC(=NCc1ncc(CC)s1)NCCCCCCC(=O)OC. The minimum atomic E-state index is -0.122. The van der Waals surface area contributed by atoms with E-state index in [-0.39, 0.29) is 5.97 Å². The molecule has 0 fully saturated rings. The smallest absolute Gasteiger partial charge is 0.305 e. The summed E-state index contributed by atoms with van der Waals surface area (Å²) in [6, 6.07) is 0. The fourth-order valence-corrected chi connectivity index (χ4v) is 2.92. The lowest BCUT2D eigenvalue weighted by Crippen LogP contribution is -2.37. The highest BCUT2D eigenvalue weighted by Gasteiger charge is 2.02. The molecule has 0 aliphatic rings. The number of carbonyl (C=O) groups is 1. The Balaban J connectivity index is 2.22. The Morgan fingerprint density at radius 2 is 2.04 bits per heavy atom. The van der Waals surface area contributed by atoms with Crippen LogP contribution in [0.3, 0.4) is 0 Å². The van der Waals surface area contributed by atoms with Crippen LogP contribution in [0.1, 0.15) is 55.8 Å². The van der Waals surface area contributed by atoms with E-state index in [1.54, 1.807) is 11.3 Å². The second-order valence-corrected chi connectivity index (χ2v) is 6.64. The zero-order valence-electron chi connectivity index (χ0n) is 15.1. The zero-order valence-corrected chi connectivity index (χ0v) is 15.9. The Morgan fingerprint density at radius 3 is 2.71 bits per heavy atom. The molecule has 6 nitrogen and oxygen atoms in total. The number of unbranched alkanes of at least 4 members (excludes halogenated alkanes) is 3. The van der Waals surface area contributed by atoms with Crippen LogP contribution in [0.5, 0.6) is 0 Å². The minimum absolute atomic E-state index is 0.122. The molecular formula is C17H30N4O2S.